The van der Waals surface area contributed by atoms with Crippen molar-refractivity contribution in [2.24, 2.45) is 0 Å². The van der Waals surface area contributed by atoms with Gasteiger partial charge in [-0.2, -0.15) is 0 Å². The molecular formula is C7H9NO. The van der Waals surface area contributed by atoms with Crippen molar-refractivity contribution in [1.82, 2.24) is 5.32 Å². The van der Waals surface area contributed by atoms with Crippen LogP contribution in [0.3, 0.4) is 0 Å². The fourth-order valence-corrected chi connectivity index (χ4v) is 0.549. The van der Waals surface area contributed by atoms with Crippen molar-refractivity contribution in [3.05, 3.63) is 30.4 Å². The molecule has 48 valence electrons. The maximum absolute atomic E-state index is 4.83. The fourth-order valence-electron chi connectivity index (χ4n) is 0.549. The zero-order valence-electron chi connectivity index (χ0n) is 5.29. The van der Waals surface area contributed by atoms with Gasteiger partial charge in [-0.1, -0.05) is 0 Å². The van der Waals surface area contributed by atoms with E-state index in [2.05, 4.69) is 5.32 Å². The first-order valence-corrected chi connectivity index (χ1v) is 2.79. The van der Waals surface area contributed by atoms with Crippen LogP contribution >= 0.6 is 0 Å². The van der Waals surface area contributed by atoms with Crippen LogP contribution in [-0.2, 0) is 0 Å². The van der Waals surface area contributed by atoms with Crippen LogP contribution in [0.25, 0.3) is 6.08 Å². The standard InChI is InChI=1S/C7H9NO/c1-8-4-2-7-3-5-9-6-7/h2-6,8H,1H3/b4-2+. The van der Waals surface area contributed by atoms with Crippen molar-refractivity contribution in [3.63, 3.8) is 0 Å². The molecule has 0 aliphatic carbocycles. The van der Waals surface area contributed by atoms with Crippen molar-refractivity contribution < 1.29 is 4.42 Å². The van der Waals surface area contributed by atoms with Gasteiger partial charge in [-0.05, 0) is 18.3 Å². The first kappa shape index (κ1) is 5.95. The van der Waals surface area contributed by atoms with E-state index in [4.69, 9.17) is 4.42 Å². The van der Waals surface area contributed by atoms with Crippen LogP contribution in [0.5, 0.6) is 0 Å². The fraction of sp³-hybridized carbons (Fsp3) is 0.143. The minimum atomic E-state index is 1.07. The Morgan fingerprint density at radius 3 is 3.11 bits per heavy atom. The van der Waals surface area contributed by atoms with E-state index in [-0.39, 0.29) is 0 Å². The van der Waals surface area contributed by atoms with Gasteiger partial charge in [0, 0.05) is 12.6 Å². The average molecular weight is 123 g/mol. The largest absolute Gasteiger partial charge is 0.472 e. The molecule has 0 bridgehead atoms. The predicted molar refractivity (Wildman–Crippen MR) is 36.8 cm³/mol. The predicted octanol–water partition coefficient (Wildman–Crippen LogP) is 1.47. The van der Waals surface area contributed by atoms with Crippen molar-refractivity contribution in [2.45, 2.75) is 0 Å². The molecule has 0 radical (unpaired) electrons. The zero-order valence-corrected chi connectivity index (χ0v) is 5.29. The summed E-state index contributed by atoms with van der Waals surface area (Å²) < 4.78 is 4.83. The van der Waals surface area contributed by atoms with Gasteiger partial charge in [0.2, 0.25) is 0 Å². The molecule has 0 spiro atoms. The third-order valence-corrected chi connectivity index (χ3v) is 0.986. The van der Waals surface area contributed by atoms with E-state index in [1.54, 1.807) is 12.5 Å². The smallest absolute Gasteiger partial charge is 0.0975 e. The maximum atomic E-state index is 4.83. The van der Waals surface area contributed by atoms with Gasteiger partial charge in [-0.15, -0.1) is 0 Å². The number of rotatable bonds is 2. The molecule has 0 unspecified atom stereocenters. The molecule has 0 amide bonds. The van der Waals surface area contributed by atoms with Crippen molar-refractivity contribution >= 4 is 6.08 Å². The van der Waals surface area contributed by atoms with Crippen LogP contribution in [0.4, 0.5) is 0 Å². The van der Waals surface area contributed by atoms with E-state index in [1.165, 1.54) is 0 Å². The molecular weight excluding hydrogens is 114 g/mol. The maximum Gasteiger partial charge on any atom is 0.0975 e. The van der Waals surface area contributed by atoms with Crippen molar-refractivity contribution in [2.75, 3.05) is 7.05 Å². The van der Waals surface area contributed by atoms with Gasteiger partial charge in [0.15, 0.2) is 0 Å². The molecule has 2 nitrogen and oxygen atoms in total. The normalized spacial score (nSPS) is 10.3. The number of furan rings is 1. The molecule has 0 aliphatic heterocycles. The molecule has 1 rings (SSSR count). The molecule has 1 aromatic heterocycles. The second-order valence-electron chi connectivity index (χ2n) is 1.68. The summed E-state index contributed by atoms with van der Waals surface area (Å²) in [6.45, 7) is 0. The second-order valence-corrected chi connectivity index (χ2v) is 1.68. The summed E-state index contributed by atoms with van der Waals surface area (Å²) in [6.07, 6.45) is 7.12. The van der Waals surface area contributed by atoms with E-state index in [9.17, 15) is 0 Å². The highest BCUT2D eigenvalue weighted by molar-refractivity contribution is 5.46. The van der Waals surface area contributed by atoms with Gasteiger partial charge in [0.1, 0.15) is 0 Å². The van der Waals surface area contributed by atoms with E-state index in [0.717, 1.165) is 5.56 Å². The quantitative estimate of drug-likeness (QED) is 0.644. The highest BCUT2D eigenvalue weighted by atomic mass is 16.3. The lowest BCUT2D eigenvalue weighted by atomic mass is 10.3. The topological polar surface area (TPSA) is 25.2 Å². The van der Waals surface area contributed by atoms with Gasteiger partial charge in [0.05, 0.1) is 12.5 Å². The Labute approximate surface area is 54.2 Å². The lowest BCUT2D eigenvalue weighted by molar-refractivity contribution is 0.567. The molecule has 0 saturated carbocycles. The second kappa shape index (κ2) is 2.97. The number of hydrogen-bond acceptors (Lipinski definition) is 2. The van der Waals surface area contributed by atoms with Gasteiger partial charge in [-0.3, -0.25) is 0 Å². The molecule has 0 aliphatic rings. The van der Waals surface area contributed by atoms with Gasteiger partial charge < -0.3 is 9.73 Å². The molecule has 0 aromatic carbocycles. The van der Waals surface area contributed by atoms with Crippen molar-refractivity contribution in [1.29, 1.82) is 0 Å². The van der Waals surface area contributed by atoms with Crippen LogP contribution < -0.4 is 5.32 Å². The third kappa shape index (κ3) is 1.64. The Balaban J connectivity index is 2.57. The monoisotopic (exact) mass is 123 g/mol. The van der Waals surface area contributed by atoms with Crippen LogP contribution in [0.1, 0.15) is 5.56 Å². The molecule has 9 heavy (non-hydrogen) atoms. The van der Waals surface area contributed by atoms with Crippen LogP contribution in [0.2, 0.25) is 0 Å². The Bertz CT molecular complexity index is 177. The summed E-state index contributed by atoms with van der Waals surface area (Å²) in [5, 5.41) is 2.88. The Hall–Kier alpha value is -1.18. The van der Waals surface area contributed by atoms with Gasteiger partial charge in [0.25, 0.3) is 0 Å². The summed E-state index contributed by atoms with van der Waals surface area (Å²) in [5.41, 5.74) is 1.07. The Morgan fingerprint density at radius 1 is 1.67 bits per heavy atom. The summed E-state index contributed by atoms with van der Waals surface area (Å²) >= 11 is 0. The van der Waals surface area contributed by atoms with Gasteiger partial charge in [-0.25, -0.2) is 0 Å². The SMILES string of the molecule is CN/C=C/c1ccoc1. The molecule has 0 fully saturated rings. The van der Waals surface area contributed by atoms with E-state index in [0.29, 0.717) is 0 Å². The first-order chi connectivity index (χ1) is 4.43. The average Bonchev–Trinajstić information content (AvgIpc) is 2.34. The minimum Gasteiger partial charge on any atom is -0.472 e. The molecule has 2 heteroatoms. The third-order valence-electron chi connectivity index (χ3n) is 0.986. The van der Waals surface area contributed by atoms with Crippen molar-refractivity contribution in [3.8, 4) is 0 Å². The highest BCUT2D eigenvalue weighted by Gasteiger charge is 1.82. The molecule has 1 N–H and O–H groups in total. The van der Waals surface area contributed by atoms with Crippen LogP contribution in [0.15, 0.2) is 29.2 Å². The van der Waals surface area contributed by atoms with Crippen LogP contribution in [-0.4, -0.2) is 7.05 Å². The van der Waals surface area contributed by atoms with E-state index >= 15 is 0 Å². The summed E-state index contributed by atoms with van der Waals surface area (Å²) in [6, 6.07) is 1.90. The van der Waals surface area contributed by atoms with E-state index in [1.807, 2.05) is 25.4 Å². The Morgan fingerprint density at radius 2 is 2.56 bits per heavy atom. The summed E-state index contributed by atoms with van der Waals surface area (Å²) in [5.74, 6) is 0. The minimum absolute atomic E-state index is 1.07. The van der Waals surface area contributed by atoms with E-state index < -0.39 is 0 Å². The molecule has 1 heterocycles. The summed E-state index contributed by atoms with van der Waals surface area (Å²) in [4.78, 5) is 0. The number of nitrogens with one attached hydrogen (secondary N) is 1. The number of hydrogen-bond donors (Lipinski definition) is 1. The highest BCUT2D eigenvalue weighted by Crippen LogP contribution is 2.00. The summed E-state index contributed by atoms with van der Waals surface area (Å²) in [7, 11) is 1.86. The lowest BCUT2D eigenvalue weighted by Gasteiger charge is -1.81. The molecule has 0 saturated heterocycles. The lowest BCUT2D eigenvalue weighted by Crippen LogP contribution is -1.89. The van der Waals surface area contributed by atoms with Crippen LogP contribution in [0, 0.1) is 0 Å². The first-order valence-electron chi connectivity index (χ1n) is 2.79. The molecule has 0 atom stereocenters. The van der Waals surface area contributed by atoms with Gasteiger partial charge >= 0.3 is 0 Å². The Kier molecular flexibility index (Phi) is 1.96. The molecule has 1 aromatic rings. The zero-order chi connectivity index (χ0) is 6.53.